The summed E-state index contributed by atoms with van der Waals surface area (Å²) in [5.74, 6) is -4.61. The molecule has 2 aromatic heterocycles. The standard InChI is InChI=1S/C37H36ClF5N6O4S/c1-35(2,3)53-34(50)47-32-21(14-44)23-20(5-6-22(40)30(23)54-32)24-26(38)29-25-28(27(24)41)45-33(52-17-36-7-4-8-49(36)16-19(39)13-36)46-31(25)48(9-10-51-29)15-18-11-37(42,43)12-18/h5-6,18-19H,4,7-13,15-17H2,1-3H3,(H,47,50)/t19-,36+/m1/s1. The summed E-state index contributed by atoms with van der Waals surface area (Å²) < 4.78 is 92.9. The predicted octanol–water partition coefficient (Wildman–Crippen LogP) is 8.86. The van der Waals surface area contributed by atoms with Crippen LogP contribution in [0.1, 0.15) is 58.4 Å². The number of amides is 1. The number of carbonyl (C=O) groups is 1. The number of nitrogens with one attached hydrogen (secondary N) is 1. The van der Waals surface area contributed by atoms with E-state index >= 15 is 8.78 Å². The lowest BCUT2D eigenvalue weighted by Crippen LogP contribution is -2.44. The summed E-state index contributed by atoms with van der Waals surface area (Å²) >= 11 is 7.80. The van der Waals surface area contributed by atoms with Crippen molar-refractivity contribution in [3.63, 3.8) is 0 Å². The van der Waals surface area contributed by atoms with Gasteiger partial charge in [-0.15, -0.1) is 11.3 Å². The molecule has 3 aliphatic heterocycles. The maximum absolute atomic E-state index is 17.4. The van der Waals surface area contributed by atoms with Gasteiger partial charge in [-0.2, -0.15) is 15.2 Å². The van der Waals surface area contributed by atoms with Gasteiger partial charge in [-0.3, -0.25) is 10.2 Å². The summed E-state index contributed by atoms with van der Waals surface area (Å²) in [6.07, 6.45) is -0.660. The molecule has 0 spiro atoms. The van der Waals surface area contributed by atoms with E-state index in [4.69, 9.17) is 25.8 Å². The molecule has 1 N–H and O–H groups in total. The lowest BCUT2D eigenvalue weighted by Gasteiger charge is -2.38. The van der Waals surface area contributed by atoms with Crippen LogP contribution in [0.15, 0.2) is 12.1 Å². The van der Waals surface area contributed by atoms with E-state index in [-0.39, 0.29) is 117 Å². The number of nitriles is 1. The highest BCUT2D eigenvalue weighted by atomic mass is 35.5. The van der Waals surface area contributed by atoms with E-state index in [1.54, 1.807) is 25.7 Å². The number of hydrogen-bond donors (Lipinski definition) is 1. The van der Waals surface area contributed by atoms with Crippen LogP contribution in [0.5, 0.6) is 11.8 Å². The normalized spacial score (nSPS) is 22.4. The minimum atomic E-state index is -2.76. The Hall–Kier alpha value is -4.20. The molecule has 17 heteroatoms. The van der Waals surface area contributed by atoms with Crippen LogP contribution >= 0.6 is 22.9 Å². The van der Waals surface area contributed by atoms with E-state index < -0.39 is 41.0 Å². The first kappa shape index (κ1) is 36.8. The first-order chi connectivity index (χ1) is 25.6. The van der Waals surface area contributed by atoms with E-state index in [1.807, 2.05) is 6.07 Å². The van der Waals surface area contributed by atoms with Crippen LogP contribution in [0.2, 0.25) is 5.02 Å². The molecule has 5 heterocycles. The van der Waals surface area contributed by atoms with Gasteiger partial charge in [-0.1, -0.05) is 17.7 Å². The molecule has 10 nitrogen and oxygen atoms in total. The zero-order valence-corrected chi connectivity index (χ0v) is 31.2. The molecule has 4 aliphatic rings. The van der Waals surface area contributed by atoms with E-state index in [0.717, 1.165) is 30.4 Å². The molecule has 4 aromatic rings. The first-order valence-electron chi connectivity index (χ1n) is 17.7. The number of rotatable bonds is 7. The quantitative estimate of drug-likeness (QED) is 0.184. The van der Waals surface area contributed by atoms with Crippen LogP contribution in [0.4, 0.5) is 37.6 Å². The van der Waals surface area contributed by atoms with Gasteiger partial charge in [-0.25, -0.2) is 26.7 Å². The molecule has 1 saturated carbocycles. The number of ether oxygens (including phenoxy) is 3. The number of alkyl halides is 3. The van der Waals surface area contributed by atoms with Crippen molar-refractivity contribution in [3.8, 4) is 29.0 Å². The van der Waals surface area contributed by atoms with Gasteiger partial charge in [0.15, 0.2) is 11.6 Å². The number of halogens is 6. The number of carbonyl (C=O) groups excluding carboxylic acids is 1. The van der Waals surface area contributed by atoms with Gasteiger partial charge in [-0.05, 0) is 57.7 Å². The molecule has 2 atom stereocenters. The number of benzene rings is 2. The van der Waals surface area contributed by atoms with Crippen LogP contribution in [0, 0.1) is 28.9 Å². The van der Waals surface area contributed by atoms with Crippen LogP contribution in [-0.4, -0.2) is 83.6 Å². The molecular weight excluding hydrogens is 755 g/mol. The van der Waals surface area contributed by atoms with E-state index in [0.29, 0.717) is 13.0 Å². The molecule has 2 aromatic carbocycles. The molecule has 1 aliphatic carbocycles. The molecule has 0 bridgehead atoms. The second-order valence-corrected chi connectivity index (χ2v) is 16.9. The lowest BCUT2D eigenvalue weighted by atomic mass is 9.81. The summed E-state index contributed by atoms with van der Waals surface area (Å²) in [4.78, 5) is 25.7. The predicted molar refractivity (Wildman–Crippen MR) is 194 cm³/mol. The average molecular weight is 791 g/mol. The van der Waals surface area contributed by atoms with Gasteiger partial charge in [0, 0.05) is 43.3 Å². The Kier molecular flexibility index (Phi) is 9.01. The highest BCUT2D eigenvalue weighted by Crippen LogP contribution is 2.52. The molecule has 2 saturated heterocycles. The Morgan fingerprint density at radius 2 is 1.96 bits per heavy atom. The van der Waals surface area contributed by atoms with Crippen molar-refractivity contribution >= 4 is 60.8 Å². The number of fused-ring (bicyclic) bond motifs is 2. The second kappa shape index (κ2) is 13.2. The number of hydrogen-bond acceptors (Lipinski definition) is 10. The van der Waals surface area contributed by atoms with Crippen LogP contribution in [0.3, 0.4) is 0 Å². The summed E-state index contributed by atoms with van der Waals surface area (Å²) in [6, 6.07) is 4.20. The van der Waals surface area contributed by atoms with Crippen molar-refractivity contribution in [2.45, 2.75) is 76.1 Å². The van der Waals surface area contributed by atoms with Gasteiger partial charge in [0.1, 0.15) is 53.2 Å². The Morgan fingerprint density at radius 3 is 2.69 bits per heavy atom. The largest absolute Gasteiger partial charge is 0.489 e. The smallest absolute Gasteiger partial charge is 0.412 e. The van der Waals surface area contributed by atoms with Crippen LogP contribution in [0.25, 0.3) is 32.1 Å². The molecule has 0 unspecified atom stereocenters. The van der Waals surface area contributed by atoms with E-state index in [2.05, 4.69) is 20.2 Å². The number of anilines is 2. The maximum Gasteiger partial charge on any atom is 0.412 e. The highest BCUT2D eigenvalue weighted by molar-refractivity contribution is 7.23. The highest BCUT2D eigenvalue weighted by Gasteiger charge is 2.50. The molecule has 54 heavy (non-hydrogen) atoms. The Balaban J connectivity index is 1.28. The first-order valence-corrected chi connectivity index (χ1v) is 18.9. The van der Waals surface area contributed by atoms with Gasteiger partial charge in [0.05, 0.1) is 32.8 Å². The summed E-state index contributed by atoms with van der Waals surface area (Å²) in [5.41, 5.74) is -2.06. The van der Waals surface area contributed by atoms with Crippen molar-refractivity contribution in [2.75, 3.05) is 49.6 Å². The van der Waals surface area contributed by atoms with Crippen molar-refractivity contribution in [1.82, 2.24) is 14.9 Å². The van der Waals surface area contributed by atoms with Crippen molar-refractivity contribution < 1.29 is 41.0 Å². The van der Waals surface area contributed by atoms with Crippen LogP contribution < -0.4 is 19.7 Å². The summed E-state index contributed by atoms with van der Waals surface area (Å²) in [5, 5.41) is 12.7. The van der Waals surface area contributed by atoms with E-state index in [1.165, 1.54) is 6.07 Å². The molecule has 1 amide bonds. The molecule has 3 fully saturated rings. The summed E-state index contributed by atoms with van der Waals surface area (Å²) in [6.45, 7) is 6.44. The maximum atomic E-state index is 17.4. The van der Waals surface area contributed by atoms with Crippen molar-refractivity contribution in [1.29, 1.82) is 5.26 Å². The Bertz CT molecular complexity index is 2240. The summed E-state index contributed by atoms with van der Waals surface area (Å²) in [7, 11) is 0. The average Bonchev–Trinajstić information content (AvgIpc) is 3.69. The monoisotopic (exact) mass is 790 g/mol. The van der Waals surface area contributed by atoms with Crippen molar-refractivity contribution in [2.24, 2.45) is 5.92 Å². The SMILES string of the molecule is CC(C)(C)OC(=O)Nc1sc2c(F)ccc(-c3c(Cl)c4c5c(nc(OC[C@@]67CCCN6C[C@H](F)C7)nc5c3F)N(CC3CC(F)(F)C3)CCO4)c2c1C#N. The Morgan fingerprint density at radius 1 is 1.19 bits per heavy atom. The third-order valence-electron chi connectivity index (χ3n) is 10.5. The third kappa shape index (κ3) is 6.41. The number of aromatic nitrogens is 2. The fraction of sp³-hybridized carbons (Fsp3) is 0.514. The van der Waals surface area contributed by atoms with Gasteiger partial charge in [0.25, 0.3) is 0 Å². The number of thiophene rings is 1. The van der Waals surface area contributed by atoms with Gasteiger partial charge in [0.2, 0.25) is 5.92 Å². The topological polar surface area (TPSA) is 113 Å². The molecular formula is C37H36ClF5N6O4S. The lowest BCUT2D eigenvalue weighted by molar-refractivity contribution is -0.107. The minimum absolute atomic E-state index is 0.00439. The molecule has 8 rings (SSSR count). The fourth-order valence-electron chi connectivity index (χ4n) is 8.29. The third-order valence-corrected chi connectivity index (χ3v) is 12.0. The van der Waals surface area contributed by atoms with E-state index in [9.17, 15) is 23.2 Å². The van der Waals surface area contributed by atoms with Gasteiger partial charge >= 0.3 is 12.1 Å². The fourth-order valence-corrected chi connectivity index (χ4v) is 9.69. The Labute approximate surface area is 316 Å². The van der Waals surface area contributed by atoms with Gasteiger partial charge < -0.3 is 19.1 Å². The zero-order chi connectivity index (χ0) is 38.3. The zero-order valence-electron chi connectivity index (χ0n) is 29.6. The second-order valence-electron chi connectivity index (χ2n) is 15.5. The van der Waals surface area contributed by atoms with Crippen molar-refractivity contribution in [3.05, 3.63) is 34.4 Å². The van der Waals surface area contributed by atoms with Crippen LogP contribution in [-0.2, 0) is 4.74 Å². The molecule has 286 valence electrons. The molecule has 0 radical (unpaired) electrons. The number of nitrogens with zero attached hydrogens (tertiary/aromatic N) is 5. The minimum Gasteiger partial charge on any atom is -0.489 e.